The summed E-state index contributed by atoms with van der Waals surface area (Å²) in [6, 6.07) is 14.1. The van der Waals surface area contributed by atoms with Crippen molar-refractivity contribution in [3.8, 4) is 0 Å². The molecule has 2 aromatic carbocycles. The molecule has 23 heavy (non-hydrogen) atoms. The molecule has 0 aromatic heterocycles. The predicted octanol–water partition coefficient (Wildman–Crippen LogP) is 2.56. The zero-order valence-electron chi connectivity index (χ0n) is 12.6. The van der Waals surface area contributed by atoms with Crippen molar-refractivity contribution in [3.05, 3.63) is 53.1 Å². The van der Waals surface area contributed by atoms with Crippen molar-refractivity contribution in [1.29, 1.82) is 0 Å². The summed E-state index contributed by atoms with van der Waals surface area (Å²) in [7, 11) is 0. The van der Waals surface area contributed by atoms with Crippen LogP contribution in [0.2, 0.25) is 5.02 Å². The van der Waals surface area contributed by atoms with E-state index >= 15 is 0 Å². The molecule has 0 aliphatic carbocycles. The highest BCUT2D eigenvalue weighted by Crippen LogP contribution is 2.36. The van der Waals surface area contributed by atoms with Crippen LogP contribution in [-0.2, 0) is 0 Å². The Morgan fingerprint density at radius 2 is 1.78 bits per heavy atom. The van der Waals surface area contributed by atoms with Crippen LogP contribution in [0.15, 0.2) is 47.5 Å². The molecule has 2 aliphatic heterocycles. The summed E-state index contributed by atoms with van der Waals surface area (Å²) in [5.41, 5.74) is 4.09. The third kappa shape index (κ3) is 3.03. The third-order valence-corrected chi connectivity index (χ3v) is 4.28. The summed E-state index contributed by atoms with van der Waals surface area (Å²) in [5, 5.41) is 7.58. The van der Waals surface area contributed by atoms with E-state index in [0.717, 1.165) is 54.6 Å². The first-order valence-electron chi connectivity index (χ1n) is 7.51. The highest BCUT2D eigenvalue weighted by atomic mass is 35.5. The minimum Gasteiger partial charge on any atom is -0.412 e. The van der Waals surface area contributed by atoms with Crippen LogP contribution in [0, 0.1) is 0 Å². The van der Waals surface area contributed by atoms with Crippen LogP contribution in [0.1, 0.15) is 5.56 Å². The number of nitrogens with zero attached hydrogens (tertiary/aromatic N) is 2. The number of rotatable bonds is 0. The Hall–Kier alpha value is -2.08. The molecular formula is C17H19ClN4O. The Balaban J connectivity index is 0.00000156. The van der Waals surface area contributed by atoms with Crippen LogP contribution < -0.4 is 10.6 Å². The number of anilines is 2. The summed E-state index contributed by atoms with van der Waals surface area (Å²) in [6.07, 6.45) is 0. The molecule has 120 valence electrons. The first-order valence-corrected chi connectivity index (χ1v) is 7.89. The van der Waals surface area contributed by atoms with E-state index in [-0.39, 0.29) is 5.48 Å². The van der Waals surface area contributed by atoms with Gasteiger partial charge in [-0.15, -0.1) is 0 Å². The number of amidine groups is 1. The molecule has 1 saturated heterocycles. The Labute approximate surface area is 140 Å². The van der Waals surface area contributed by atoms with Crippen LogP contribution in [0.3, 0.4) is 0 Å². The topological polar surface area (TPSA) is 71.2 Å². The number of aliphatic imine (C=N–C) groups is 1. The standard InChI is InChI=1S/C17H17ClN4.H2O/c18-12-5-6-15-16(11-12)21-17(22-9-7-19-8-10-22)13-3-1-2-4-14(13)20-15;/h1-6,11,19-20H,7-10H2;1H2. The number of hydrogen-bond acceptors (Lipinski definition) is 4. The molecule has 0 bridgehead atoms. The van der Waals surface area contributed by atoms with Crippen LogP contribution in [-0.4, -0.2) is 42.4 Å². The first-order chi connectivity index (χ1) is 10.8. The van der Waals surface area contributed by atoms with E-state index in [1.165, 1.54) is 0 Å². The Morgan fingerprint density at radius 1 is 1.00 bits per heavy atom. The second kappa shape index (κ2) is 6.58. The zero-order valence-corrected chi connectivity index (χ0v) is 13.4. The fourth-order valence-electron chi connectivity index (χ4n) is 2.93. The predicted molar refractivity (Wildman–Crippen MR) is 95.4 cm³/mol. The van der Waals surface area contributed by atoms with Gasteiger partial charge < -0.3 is 21.0 Å². The van der Waals surface area contributed by atoms with E-state index in [9.17, 15) is 0 Å². The molecule has 2 heterocycles. The normalized spacial score (nSPS) is 16.2. The van der Waals surface area contributed by atoms with Gasteiger partial charge in [-0.3, -0.25) is 0 Å². The monoisotopic (exact) mass is 330 g/mol. The number of para-hydroxylation sites is 1. The largest absolute Gasteiger partial charge is 0.412 e. The molecule has 0 unspecified atom stereocenters. The Kier molecular flexibility index (Phi) is 4.52. The van der Waals surface area contributed by atoms with Gasteiger partial charge in [0.1, 0.15) is 5.84 Å². The lowest BCUT2D eigenvalue weighted by Gasteiger charge is -2.30. The number of nitrogens with one attached hydrogen (secondary N) is 2. The van der Waals surface area contributed by atoms with Gasteiger partial charge in [-0.2, -0.15) is 0 Å². The van der Waals surface area contributed by atoms with Gasteiger partial charge in [-0.25, -0.2) is 4.99 Å². The van der Waals surface area contributed by atoms with Crippen LogP contribution in [0.4, 0.5) is 17.1 Å². The van der Waals surface area contributed by atoms with Gasteiger partial charge in [0.15, 0.2) is 0 Å². The van der Waals surface area contributed by atoms with Gasteiger partial charge in [0.05, 0.1) is 11.4 Å². The van der Waals surface area contributed by atoms with E-state index < -0.39 is 0 Å². The van der Waals surface area contributed by atoms with Gasteiger partial charge in [-0.05, 0) is 30.3 Å². The molecule has 1 fully saturated rings. The van der Waals surface area contributed by atoms with Crippen LogP contribution in [0.5, 0.6) is 0 Å². The van der Waals surface area contributed by atoms with Gasteiger partial charge in [-0.1, -0.05) is 23.7 Å². The maximum absolute atomic E-state index is 6.15. The highest BCUT2D eigenvalue weighted by Gasteiger charge is 2.22. The van der Waals surface area contributed by atoms with Crippen molar-refractivity contribution in [1.82, 2.24) is 10.2 Å². The average molecular weight is 331 g/mol. The molecule has 6 heteroatoms. The van der Waals surface area contributed by atoms with E-state index in [0.29, 0.717) is 5.02 Å². The van der Waals surface area contributed by atoms with Gasteiger partial charge in [0.25, 0.3) is 0 Å². The van der Waals surface area contributed by atoms with Gasteiger partial charge in [0, 0.05) is 42.5 Å². The number of fused-ring (bicyclic) bond motifs is 2. The lowest BCUT2D eigenvalue weighted by molar-refractivity contribution is 0.358. The summed E-state index contributed by atoms with van der Waals surface area (Å²) in [4.78, 5) is 7.27. The fraction of sp³-hybridized carbons (Fsp3) is 0.235. The van der Waals surface area contributed by atoms with Crippen molar-refractivity contribution >= 4 is 34.5 Å². The number of piperazine rings is 1. The maximum atomic E-state index is 6.15. The number of benzene rings is 2. The maximum Gasteiger partial charge on any atom is 0.138 e. The van der Waals surface area contributed by atoms with E-state index in [2.05, 4.69) is 33.7 Å². The lowest BCUT2D eigenvalue weighted by Crippen LogP contribution is -2.46. The van der Waals surface area contributed by atoms with Gasteiger partial charge >= 0.3 is 0 Å². The van der Waals surface area contributed by atoms with E-state index in [1.54, 1.807) is 0 Å². The third-order valence-electron chi connectivity index (χ3n) is 4.04. The molecule has 0 atom stereocenters. The first kappa shape index (κ1) is 15.8. The van der Waals surface area contributed by atoms with E-state index in [4.69, 9.17) is 16.6 Å². The summed E-state index contributed by atoms with van der Waals surface area (Å²) in [5.74, 6) is 1.02. The average Bonchev–Trinajstić information content (AvgIpc) is 2.72. The van der Waals surface area contributed by atoms with Crippen molar-refractivity contribution in [2.24, 2.45) is 4.99 Å². The number of hydrogen-bond donors (Lipinski definition) is 2. The summed E-state index contributed by atoms with van der Waals surface area (Å²) < 4.78 is 0. The molecule has 0 spiro atoms. The highest BCUT2D eigenvalue weighted by molar-refractivity contribution is 6.31. The molecule has 0 saturated carbocycles. The van der Waals surface area contributed by atoms with Gasteiger partial charge in [0.2, 0.25) is 0 Å². The van der Waals surface area contributed by atoms with Crippen molar-refractivity contribution in [2.45, 2.75) is 0 Å². The van der Waals surface area contributed by atoms with Crippen molar-refractivity contribution in [2.75, 3.05) is 31.5 Å². The molecular weight excluding hydrogens is 312 g/mol. The van der Waals surface area contributed by atoms with Crippen LogP contribution >= 0.6 is 11.6 Å². The van der Waals surface area contributed by atoms with E-state index in [1.807, 2.05) is 24.3 Å². The molecule has 0 radical (unpaired) electrons. The SMILES string of the molecule is Clc1ccc2c(c1)N=C(N1CCNCC1)c1ccccc1N2.O. The number of halogens is 1. The minimum absolute atomic E-state index is 0. The lowest BCUT2D eigenvalue weighted by atomic mass is 10.1. The molecule has 2 aliphatic rings. The summed E-state index contributed by atoms with van der Waals surface area (Å²) >= 11 is 6.15. The Bertz CT molecular complexity index is 741. The smallest absolute Gasteiger partial charge is 0.138 e. The molecule has 5 nitrogen and oxygen atoms in total. The molecule has 2 aromatic rings. The molecule has 4 N–H and O–H groups in total. The van der Waals surface area contributed by atoms with Crippen LogP contribution in [0.25, 0.3) is 0 Å². The second-order valence-corrected chi connectivity index (χ2v) is 5.94. The van der Waals surface area contributed by atoms with Crippen molar-refractivity contribution < 1.29 is 5.48 Å². The van der Waals surface area contributed by atoms with Crippen molar-refractivity contribution in [3.63, 3.8) is 0 Å². The quantitative estimate of drug-likeness (QED) is 0.780. The zero-order chi connectivity index (χ0) is 14.9. The minimum atomic E-state index is 0. The summed E-state index contributed by atoms with van der Waals surface area (Å²) in [6.45, 7) is 3.89. The molecule has 0 amide bonds. The Morgan fingerprint density at radius 3 is 2.61 bits per heavy atom. The second-order valence-electron chi connectivity index (χ2n) is 5.50. The fourth-order valence-corrected chi connectivity index (χ4v) is 3.09. The molecule has 4 rings (SSSR count).